The first-order valence-corrected chi connectivity index (χ1v) is 12.4. The molecule has 0 radical (unpaired) electrons. The number of benzene rings is 1. The summed E-state index contributed by atoms with van der Waals surface area (Å²) in [5, 5.41) is 19.3. The van der Waals surface area contributed by atoms with Crippen molar-refractivity contribution in [3.8, 4) is 0 Å². The van der Waals surface area contributed by atoms with Crippen LogP contribution in [0.15, 0.2) is 52.2 Å². The van der Waals surface area contributed by atoms with E-state index in [0.29, 0.717) is 16.7 Å². The van der Waals surface area contributed by atoms with E-state index in [1.54, 1.807) is 5.57 Å². The number of nitrogens with zero attached hydrogens (tertiary/aromatic N) is 2. The highest BCUT2D eigenvalue weighted by Crippen LogP contribution is 2.66. The van der Waals surface area contributed by atoms with Gasteiger partial charge < -0.3 is 5.11 Å². The fraction of sp³-hybridized carbons (Fsp3) is 0.643. The third-order valence-corrected chi connectivity index (χ3v) is 9.80. The summed E-state index contributed by atoms with van der Waals surface area (Å²) in [6.45, 7) is 7.27. The van der Waals surface area contributed by atoms with Crippen LogP contribution in [0.25, 0.3) is 0 Å². The Kier molecular flexibility index (Phi) is 5.45. The van der Waals surface area contributed by atoms with Gasteiger partial charge in [-0.05, 0) is 92.4 Å². The Morgan fingerprint density at radius 3 is 2.65 bits per heavy atom. The molecule has 3 heteroatoms. The van der Waals surface area contributed by atoms with Crippen molar-refractivity contribution in [2.24, 2.45) is 44.7 Å². The second-order valence-corrected chi connectivity index (χ2v) is 11.2. The summed E-state index contributed by atoms with van der Waals surface area (Å²) in [5.74, 6) is 2.94. The van der Waals surface area contributed by atoms with E-state index >= 15 is 0 Å². The number of hydrogen-bond acceptors (Lipinski definition) is 3. The van der Waals surface area contributed by atoms with E-state index in [2.05, 4.69) is 49.2 Å². The monoisotopic (exact) mass is 418 g/mol. The molecule has 31 heavy (non-hydrogen) atoms. The number of allylic oxidation sites excluding steroid dienone is 1. The second-order valence-electron chi connectivity index (χ2n) is 11.2. The van der Waals surface area contributed by atoms with Gasteiger partial charge in [0.05, 0.1) is 12.3 Å². The first-order chi connectivity index (χ1) is 14.9. The van der Waals surface area contributed by atoms with Gasteiger partial charge in [0.2, 0.25) is 0 Å². The number of aliphatic hydroxyl groups excluding tert-OH is 1. The summed E-state index contributed by atoms with van der Waals surface area (Å²) in [4.78, 5) is 0. The lowest BCUT2D eigenvalue weighted by molar-refractivity contribution is -0.0423. The first-order valence-electron chi connectivity index (χ1n) is 12.4. The van der Waals surface area contributed by atoms with Crippen molar-refractivity contribution < 1.29 is 5.11 Å². The smallest absolute Gasteiger partial charge is 0.0577 e. The van der Waals surface area contributed by atoms with Gasteiger partial charge >= 0.3 is 0 Å². The van der Waals surface area contributed by atoms with Crippen molar-refractivity contribution in [1.82, 2.24) is 0 Å². The number of rotatable bonds is 3. The molecule has 5 rings (SSSR count). The largest absolute Gasteiger partial charge is 0.393 e. The Morgan fingerprint density at radius 2 is 1.84 bits per heavy atom. The van der Waals surface area contributed by atoms with Crippen LogP contribution in [0.2, 0.25) is 0 Å². The van der Waals surface area contributed by atoms with Crippen LogP contribution in [0.4, 0.5) is 0 Å². The Balaban J connectivity index is 1.35. The zero-order valence-electron chi connectivity index (χ0n) is 19.4. The molecule has 6 unspecified atom stereocenters. The average Bonchev–Trinajstić information content (AvgIpc) is 3.12. The predicted octanol–water partition coefficient (Wildman–Crippen LogP) is 6.42. The highest BCUT2D eigenvalue weighted by molar-refractivity contribution is 5.87. The molecule has 4 aliphatic carbocycles. The lowest BCUT2D eigenvalue weighted by Crippen LogP contribution is -2.50. The van der Waals surface area contributed by atoms with Crippen molar-refractivity contribution in [2.75, 3.05) is 0 Å². The molecule has 0 aliphatic heterocycles. The Bertz CT molecular complexity index is 903. The molecule has 1 aromatic carbocycles. The summed E-state index contributed by atoms with van der Waals surface area (Å²) in [6.07, 6.45) is 13.8. The molecule has 7 atom stereocenters. The lowest BCUT2D eigenvalue weighted by Gasteiger charge is -2.58. The van der Waals surface area contributed by atoms with Gasteiger partial charge in [-0.15, -0.1) is 0 Å². The van der Waals surface area contributed by atoms with E-state index in [1.807, 2.05) is 24.4 Å². The Morgan fingerprint density at radius 1 is 1.03 bits per heavy atom. The van der Waals surface area contributed by atoms with Crippen LogP contribution in [0.3, 0.4) is 0 Å². The van der Waals surface area contributed by atoms with Crippen molar-refractivity contribution >= 4 is 11.9 Å². The topological polar surface area (TPSA) is 45.0 Å². The zero-order valence-corrected chi connectivity index (χ0v) is 19.4. The molecule has 0 spiro atoms. The molecule has 1 N–H and O–H groups in total. The fourth-order valence-electron chi connectivity index (χ4n) is 8.12. The summed E-state index contributed by atoms with van der Waals surface area (Å²) in [6, 6.07) is 10.2. The summed E-state index contributed by atoms with van der Waals surface area (Å²) in [5.41, 5.74) is 4.57. The van der Waals surface area contributed by atoms with E-state index in [4.69, 9.17) is 0 Å². The Labute approximate surface area is 187 Å². The molecule has 0 saturated heterocycles. The van der Waals surface area contributed by atoms with Crippen molar-refractivity contribution in [1.29, 1.82) is 0 Å². The predicted molar refractivity (Wildman–Crippen MR) is 128 cm³/mol. The van der Waals surface area contributed by atoms with Crippen LogP contribution in [0.1, 0.15) is 77.7 Å². The van der Waals surface area contributed by atoms with Gasteiger partial charge in [-0.2, -0.15) is 10.2 Å². The maximum Gasteiger partial charge on any atom is 0.0577 e. The van der Waals surface area contributed by atoms with Crippen LogP contribution in [0, 0.1) is 34.5 Å². The molecule has 0 amide bonds. The van der Waals surface area contributed by atoms with Crippen LogP contribution in [-0.4, -0.2) is 23.1 Å². The lowest BCUT2D eigenvalue weighted by atomic mass is 9.47. The van der Waals surface area contributed by atoms with E-state index < -0.39 is 0 Å². The molecule has 166 valence electrons. The summed E-state index contributed by atoms with van der Waals surface area (Å²) < 4.78 is 0. The SMILES string of the molecule is C/C(=N/N=C/c1ccccc1)C1CCC2C3CC=C4C[C@@H](O)CCC4(C)C3CCC12C. The van der Waals surface area contributed by atoms with Gasteiger partial charge in [-0.3, -0.25) is 0 Å². The molecule has 3 saturated carbocycles. The second kappa shape index (κ2) is 7.99. The molecule has 0 aromatic heterocycles. The minimum absolute atomic E-state index is 0.115. The fourth-order valence-corrected chi connectivity index (χ4v) is 8.12. The minimum Gasteiger partial charge on any atom is -0.393 e. The number of aliphatic hydroxyl groups is 1. The molecule has 1 aromatic rings. The maximum atomic E-state index is 10.2. The van der Waals surface area contributed by atoms with E-state index in [1.165, 1.54) is 44.2 Å². The third kappa shape index (κ3) is 3.53. The van der Waals surface area contributed by atoms with Crippen LogP contribution in [-0.2, 0) is 0 Å². The molecule has 0 bridgehead atoms. The molecule has 0 heterocycles. The van der Waals surface area contributed by atoms with Crippen LogP contribution < -0.4 is 0 Å². The van der Waals surface area contributed by atoms with Gasteiger partial charge in [0, 0.05) is 11.6 Å². The molecule has 3 nitrogen and oxygen atoms in total. The number of hydrogen-bond donors (Lipinski definition) is 1. The molecule has 3 fully saturated rings. The molecule has 4 aliphatic rings. The summed E-state index contributed by atoms with van der Waals surface area (Å²) >= 11 is 0. The van der Waals surface area contributed by atoms with Crippen LogP contribution >= 0.6 is 0 Å². The zero-order chi connectivity index (χ0) is 21.6. The molecular formula is C28H38N2O. The first kappa shape index (κ1) is 21.1. The van der Waals surface area contributed by atoms with E-state index in [-0.39, 0.29) is 6.10 Å². The van der Waals surface area contributed by atoms with Gasteiger partial charge in [0.25, 0.3) is 0 Å². The van der Waals surface area contributed by atoms with Crippen molar-refractivity contribution in [3.05, 3.63) is 47.5 Å². The van der Waals surface area contributed by atoms with Crippen molar-refractivity contribution in [3.63, 3.8) is 0 Å². The van der Waals surface area contributed by atoms with Gasteiger partial charge in [0.15, 0.2) is 0 Å². The van der Waals surface area contributed by atoms with Crippen LogP contribution in [0.5, 0.6) is 0 Å². The standard InChI is InChI=1S/C28H38N2O/c1-19(30-29-18-20-7-5-4-6-8-20)24-11-12-25-23-10-9-21-17-22(31)13-15-27(21,2)26(23)14-16-28(24,25)3/h4-9,18,22-26,31H,10-17H2,1-3H3/b29-18+,30-19-/t22-,23?,24?,25?,26?,27?,28?/m0/s1. The summed E-state index contributed by atoms with van der Waals surface area (Å²) in [7, 11) is 0. The highest BCUT2D eigenvalue weighted by atomic mass is 16.3. The quantitative estimate of drug-likeness (QED) is 0.343. The Hall–Kier alpha value is -1.74. The van der Waals surface area contributed by atoms with Gasteiger partial charge in [0.1, 0.15) is 0 Å². The third-order valence-electron chi connectivity index (χ3n) is 9.80. The molecular weight excluding hydrogens is 380 g/mol. The van der Waals surface area contributed by atoms with Gasteiger partial charge in [-0.25, -0.2) is 0 Å². The highest BCUT2D eigenvalue weighted by Gasteiger charge is 2.58. The normalized spacial score (nSPS) is 42.6. The average molecular weight is 419 g/mol. The van der Waals surface area contributed by atoms with E-state index in [9.17, 15) is 5.11 Å². The van der Waals surface area contributed by atoms with E-state index in [0.717, 1.165) is 36.2 Å². The van der Waals surface area contributed by atoms with Gasteiger partial charge in [-0.1, -0.05) is 55.8 Å². The maximum absolute atomic E-state index is 10.2. The number of fused-ring (bicyclic) bond motifs is 5. The van der Waals surface area contributed by atoms with Crippen molar-refractivity contribution in [2.45, 2.75) is 78.2 Å². The minimum atomic E-state index is -0.115.